The van der Waals surface area contributed by atoms with Crippen molar-refractivity contribution in [1.29, 1.82) is 0 Å². The van der Waals surface area contributed by atoms with E-state index in [0.717, 1.165) is 11.4 Å². The number of carbonyl (C=O) groups is 1. The molecular formula is C21H24N4O3S. The third-order valence-electron chi connectivity index (χ3n) is 4.59. The summed E-state index contributed by atoms with van der Waals surface area (Å²) < 4.78 is 28.9. The zero-order valence-corrected chi connectivity index (χ0v) is 17.5. The summed E-state index contributed by atoms with van der Waals surface area (Å²) >= 11 is 0. The SMILES string of the molecule is CCNS(=O)(=O)c1ccc(C)c(C(=O)Nc2ccc(Cn3ccnc3C)cc2)c1. The number of hydrogen-bond donors (Lipinski definition) is 2. The Kier molecular flexibility index (Phi) is 6.14. The number of hydrogen-bond acceptors (Lipinski definition) is 4. The van der Waals surface area contributed by atoms with Gasteiger partial charge in [-0.1, -0.05) is 25.1 Å². The van der Waals surface area contributed by atoms with E-state index in [1.807, 2.05) is 42.0 Å². The van der Waals surface area contributed by atoms with Crippen molar-refractivity contribution in [3.8, 4) is 0 Å². The van der Waals surface area contributed by atoms with E-state index >= 15 is 0 Å². The largest absolute Gasteiger partial charge is 0.331 e. The second-order valence-corrected chi connectivity index (χ2v) is 8.50. The van der Waals surface area contributed by atoms with Crippen LogP contribution in [0.15, 0.2) is 59.8 Å². The van der Waals surface area contributed by atoms with Gasteiger partial charge in [0.2, 0.25) is 10.0 Å². The fourth-order valence-corrected chi connectivity index (χ4v) is 4.01. The first-order valence-electron chi connectivity index (χ1n) is 9.28. The molecule has 3 aromatic rings. The van der Waals surface area contributed by atoms with Crippen molar-refractivity contribution >= 4 is 21.6 Å². The van der Waals surface area contributed by atoms with Gasteiger partial charge in [0.1, 0.15) is 5.82 Å². The van der Waals surface area contributed by atoms with Crippen molar-refractivity contribution in [3.05, 3.63) is 77.4 Å². The van der Waals surface area contributed by atoms with Gasteiger partial charge < -0.3 is 9.88 Å². The Morgan fingerprint density at radius 3 is 2.45 bits per heavy atom. The first kappa shape index (κ1) is 20.8. The van der Waals surface area contributed by atoms with E-state index in [0.29, 0.717) is 23.4 Å². The van der Waals surface area contributed by atoms with E-state index in [2.05, 4.69) is 15.0 Å². The Hall–Kier alpha value is -2.97. The Labute approximate surface area is 170 Å². The topological polar surface area (TPSA) is 93.1 Å². The van der Waals surface area contributed by atoms with Crippen LogP contribution in [0.1, 0.15) is 34.2 Å². The minimum atomic E-state index is -3.63. The molecule has 0 aliphatic carbocycles. The van der Waals surface area contributed by atoms with Gasteiger partial charge in [-0.25, -0.2) is 18.1 Å². The molecule has 29 heavy (non-hydrogen) atoms. The minimum absolute atomic E-state index is 0.0705. The molecule has 152 valence electrons. The number of aromatic nitrogens is 2. The van der Waals surface area contributed by atoms with E-state index in [9.17, 15) is 13.2 Å². The van der Waals surface area contributed by atoms with Gasteiger partial charge in [-0.3, -0.25) is 4.79 Å². The summed E-state index contributed by atoms with van der Waals surface area (Å²) in [7, 11) is -3.63. The van der Waals surface area contributed by atoms with Gasteiger partial charge in [-0.05, 0) is 49.2 Å². The molecule has 0 atom stereocenters. The molecule has 2 N–H and O–H groups in total. The Balaban J connectivity index is 1.75. The molecule has 1 heterocycles. The van der Waals surface area contributed by atoms with E-state index < -0.39 is 10.0 Å². The molecule has 0 saturated heterocycles. The van der Waals surface area contributed by atoms with Crippen LogP contribution in [0, 0.1) is 13.8 Å². The maximum atomic E-state index is 12.7. The number of sulfonamides is 1. The highest BCUT2D eigenvalue weighted by Gasteiger charge is 2.17. The van der Waals surface area contributed by atoms with Gasteiger partial charge in [-0.2, -0.15) is 0 Å². The molecule has 0 bridgehead atoms. The van der Waals surface area contributed by atoms with E-state index in [1.165, 1.54) is 12.1 Å². The summed E-state index contributed by atoms with van der Waals surface area (Å²) in [6.07, 6.45) is 3.68. The highest BCUT2D eigenvalue weighted by atomic mass is 32.2. The summed E-state index contributed by atoms with van der Waals surface area (Å²) in [6.45, 7) is 6.40. The third kappa shape index (κ3) is 4.90. The standard InChI is InChI=1S/C21H24N4O3S/c1-4-23-29(27,28)19-10-5-15(2)20(13-19)21(26)24-18-8-6-17(7-9-18)14-25-12-11-22-16(25)3/h5-13,23H,4,14H2,1-3H3,(H,24,26). The quantitative estimate of drug-likeness (QED) is 0.624. The molecule has 0 aliphatic rings. The summed E-state index contributed by atoms with van der Waals surface area (Å²) in [6, 6.07) is 12.1. The van der Waals surface area contributed by atoms with Gasteiger partial charge in [0.25, 0.3) is 5.91 Å². The predicted molar refractivity (Wildman–Crippen MR) is 113 cm³/mol. The lowest BCUT2D eigenvalue weighted by Gasteiger charge is -2.11. The molecular weight excluding hydrogens is 388 g/mol. The Morgan fingerprint density at radius 1 is 1.10 bits per heavy atom. The van der Waals surface area contributed by atoms with Crippen LogP contribution in [-0.2, 0) is 16.6 Å². The molecule has 0 unspecified atom stereocenters. The van der Waals surface area contributed by atoms with Gasteiger partial charge in [0, 0.05) is 36.7 Å². The van der Waals surface area contributed by atoms with Gasteiger partial charge in [0.05, 0.1) is 4.90 Å². The van der Waals surface area contributed by atoms with Crippen molar-refractivity contribution in [2.24, 2.45) is 0 Å². The number of nitrogens with zero attached hydrogens (tertiary/aromatic N) is 2. The monoisotopic (exact) mass is 412 g/mol. The van der Waals surface area contributed by atoms with Crippen molar-refractivity contribution < 1.29 is 13.2 Å². The smallest absolute Gasteiger partial charge is 0.255 e. The summed E-state index contributed by atoms with van der Waals surface area (Å²) in [5.74, 6) is 0.583. The fraction of sp³-hybridized carbons (Fsp3) is 0.238. The predicted octanol–water partition coefficient (Wildman–Crippen LogP) is 3.10. The average Bonchev–Trinajstić information content (AvgIpc) is 3.08. The number of imidazole rings is 1. The number of nitrogens with one attached hydrogen (secondary N) is 2. The van der Waals surface area contributed by atoms with Crippen LogP contribution >= 0.6 is 0 Å². The Morgan fingerprint density at radius 2 is 1.83 bits per heavy atom. The van der Waals surface area contributed by atoms with Crippen LogP contribution in [0.5, 0.6) is 0 Å². The first-order chi connectivity index (χ1) is 13.8. The zero-order valence-electron chi connectivity index (χ0n) is 16.6. The van der Waals surface area contributed by atoms with Crippen molar-refractivity contribution in [3.63, 3.8) is 0 Å². The van der Waals surface area contributed by atoms with Crippen LogP contribution in [0.4, 0.5) is 5.69 Å². The number of benzene rings is 2. The molecule has 0 radical (unpaired) electrons. The molecule has 0 saturated carbocycles. The highest BCUT2D eigenvalue weighted by molar-refractivity contribution is 7.89. The normalized spacial score (nSPS) is 11.4. The molecule has 1 amide bonds. The second-order valence-electron chi connectivity index (χ2n) is 6.73. The summed E-state index contributed by atoms with van der Waals surface area (Å²) in [4.78, 5) is 17.0. The van der Waals surface area contributed by atoms with E-state index in [1.54, 1.807) is 26.1 Å². The number of rotatable bonds is 7. The summed E-state index contributed by atoms with van der Waals surface area (Å²) in [5.41, 5.74) is 2.74. The summed E-state index contributed by atoms with van der Waals surface area (Å²) in [5, 5.41) is 2.83. The van der Waals surface area contributed by atoms with E-state index in [-0.39, 0.29) is 17.3 Å². The van der Waals surface area contributed by atoms with Crippen LogP contribution < -0.4 is 10.0 Å². The average molecular weight is 413 g/mol. The lowest BCUT2D eigenvalue weighted by molar-refractivity contribution is 0.102. The fourth-order valence-electron chi connectivity index (χ4n) is 2.95. The van der Waals surface area contributed by atoms with Crippen LogP contribution in [0.25, 0.3) is 0 Å². The van der Waals surface area contributed by atoms with Crippen molar-refractivity contribution in [2.45, 2.75) is 32.2 Å². The highest BCUT2D eigenvalue weighted by Crippen LogP contribution is 2.18. The van der Waals surface area contributed by atoms with Crippen LogP contribution in [0.3, 0.4) is 0 Å². The molecule has 7 nitrogen and oxygen atoms in total. The van der Waals surface area contributed by atoms with Gasteiger partial charge >= 0.3 is 0 Å². The number of anilines is 1. The van der Waals surface area contributed by atoms with Crippen molar-refractivity contribution in [2.75, 3.05) is 11.9 Å². The maximum absolute atomic E-state index is 12.7. The molecule has 3 rings (SSSR count). The molecule has 0 aliphatic heterocycles. The van der Waals surface area contributed by atoms with Crippen LogP contribution in [0.2, 0.25) is 0 Å². The lowest BCUT2D eigenvalue weighted by atomic mass is 10.1. The molecule has 8 heteroatoms. The molecule has 0 fully saturated rings. The van der Waals surface area contributed by atoms with Crippen LogP contribution in [-0.4, -0.2) is 30.4 Å². The minimum Gasteiger partial charge on any atom is -0.331 e. The number of amides is 1. The number of carbonyl (C=O) groups excluding carboxylic acids is 1. The first-order valence-corrected chi connectivity index (χ1v) is 10.8. The second kappa shape index (κ2) is 8.59. The Bertz CT molecular complexity index is 1120. The maximum Gasteiger partial charge on any atom is 0.255 e. The van der Waals surface area contributed by atoms with Gasteiger partial charge in [0.15, 0.2) is 0 Å². The molecule has 2 aromatic carbocycles. The zero-order chi connectivity index (χ0) is 21.0. The number of aryl methyl sites for hydroxylation is 2. The molecule has 1 aromatic heterocycles. The van der Waals surface area contributed by atoms with Crippen molar-refractivity contribution in [1.82, 2.24) is 14.3 Å². The third-order valence-corrected chi connectivity index (χ3v) is 6.13. The van der Waals surface area contributed by atoms with E-state index in [4.69, 9.17) is 0 Å². The lowest BCUT2D eigenvalue weighted by Crippen LogP contribution is -2.24. The van der Waals surface area contributed by atoms with Gasteiger partial charge in [-0.15, -0.1) is 0 Å². The molecule has 0 spiro atoms.